The van der Waals surface area contributed by atoms with Crippen molar-refractivity contribution < 1.29 is 13.9 Å². The number of nitrogens with zero attached hydrogens (tertiary/aromatic N) is 1. The van der Waals surface area contributed by atoms with Crippen LogP contribution in [0.15, 0.2) is 83.3 Å². The number of rotatable bonds is 8. The molecule has 5 nitrogen and oxygen atoms in total. The number of benzene rings is 3. The molecule has 1 atom stereocenters. The molecule has 4 rings (SSSR count). The third kappa shape index (κ3) is 5.69. The molecule has 1 amide bonds. The van der Waals surface area contributed by atoms with E-state index in [-0.39, 0.29) is 11.8 Å². The fraction of sp³-hybridized carbons (Fsp3) is 0.214. The van der Waals surface area contributed by atoms with Gasteiger partial charge in [-0.1, -0.05) is 55.0 Å². The molecule has 5 heteroatoms. The largest absolute Gasteiger partial charge is 0.487 e. The first kappa shape index (κ1) is 22.3. The van der Waals surface area contributed by atoms with E-state index in [0.29, 0.717) is 30.4 Å². The Kier molecular flexibility index (Phi) is 6.89. The predicted octanol–water partition coefficient (Wildman–Crippen LogP) is 6.07. The molecular weight excluding hydrogens is 412 g/mol. The standard InChI is InChI=1S/C28H28N2O3/c1-19-9-15-25(16-10-19)32-18-26-21(3)33-28(30-26)24-13-11-23(12-14-24)27(31)29-17-20(2)22-7-5-4-6-8-22/h4-16,20H,17-18H2,1-3H3,(H,29,31). The Balaban J connectivity index is 1.36. The number of hydrogen-bond acceptors (Lipinski definition) is 4. The summed E-state index contributed by atoms with van der Waals surface area (Å²) in [5.41, 5.74) is 4.56. The van der Waals surface area contributed by atoms with E-state index in [4.69, 9.17) is 9.15 Å². The van der Waals surface area contributed by atoms with Gasteiger partial charge in [-0.3, -0.25) is 4.79 Å². The SMILES string of the molecule is Cc1ccc(OCc2nc(-c3ccc(C(=O)NCC(C)c4ccccc4)cc3)oc2C)cc1. The maximum Gasteiger partial charge on any atom is 0.251 e. The third-order valence-corrected chi connectivity index (χ3v) is 5.62. The van der Waals surface area contributed by atoms with Crippen molar-refractivity contribution in [3.05, 3.63) is 107 Å². The van der Waals surface area contributed by atoms with Gasteiger partial charge in [0.05, 0.1) is 0 Å². The highest BCUT2D eigenvalue weighted by Gasteiger charge is 2.14. The molecule has 0 saturated carbocycles. The van der Waals surface area contributed by atoms with E-state index in [0.717, 1.165) is 17.0 Å². The van der Waals surface area contributed by atoms with Gasteiger partial charge >= 0.3 is 0 Å². The molecule has 33 heavy (non-hydrogen) atoms. The van der Waals surface area contributed by atoms with Crippen molar-refractivity contribution in [2.75, 3.05) is 6.54 Å². The molecule has 4 aromatic rings. The van der Waals surface area contributed by atoms with Crippen molar-refractivity contribution in [3.8, 4) is 17.2 Å². The van der Waals surface area contributed by atoms with Gasteiger partial charge in [-0.25, -0.2) is 4.98 Å². The van der Waals surface area contributed by atoms with Crippen LogP contribution in [-0.4, -0.2) is 17.4 Å². The zero-order chi connectivity index (χ0) is 23.2. The van der Waals surface area contributed by atoms with E-state index in [1.165, 1.54) is 11.1 Å². The summed E-state index contributed by atoms with van der Waals surface area (Å²) >= 11 is 0. The van der Waals surface area contributed by atoms with Gasteiger partial charge in [0.15, 0.2) is 0 Å². The molecule has 0 aliphatic rings. The van der Waals surface area contributed by atoms with Crippen LogP contribution in [0.1, 0.15) is 45.8 Å². The first-order valence-corrected chi connectivity index (χ1v) is 11.1. The second-order valence-electron chi connectivity index (χ2n) is 8.22. The average Bonchev–Trinajstić information content (AvgIpc) is 3.23. The van der Waals surface area contributed by atoms with Crippen molar-refractivity contribution >= 4 is 5.91 Å². The van der Waals surface area contributed by atoms with Gasteiger partial charge in [-0.05, 0) is 61.7 Å². The van der Waals surface area contributed by atoms with Crippen LogP contribution in [0, 0.1) is 13.8 Å². The maximum absolute atomic E-state index is 12.6. The van der Waals surface area contributed by atoms with Crippen molar-refractivity contribution in [2.24, 2.45) is 0 Å². The summed E-state index contributed by atoms with van der Waals surface area (Å²) in [7, 11) is 0. The van der Waals surface area contributed by atoms with Crippen molar-refractivity contribution in [3.63, 3.8) is 0 Å². The highest BCUT2D eigenvalue weighted by atomic mass is 16.5. The summed E-state index contributed by atoms with van der Waals surface area (Å²) in [6.07, 6.45) is 0. The molecular formula is C28H28N2O3. The Hall–Kier alpha value is -3.86. The molecule has 168 valence electrons. The smallest absolute Gasteiger partial charge is 0.251 e. The molecule has 0 saturated heterocycles. The van der Waals surface area contributed by atoms with Crippen LogP contribution in [0.5, 0.6) is 5.75 Å². The Morgan fingerprint density at radius 2 is 1.67 bits per heavy atom. The second-order valence-corrected chi connectivity index (χ2v) is 8.22. The van der Waals surface area contributed by atoms with Crippen LogP contribution in [0.3, 0.4) is 0 Å². The lowest BCUT2D eigenvalue weighted by molar-refractivity contribution is 0.0951. The molecule has 0 aliphatic carbocycles. The Morgan fingerprint density at radius 3 is 2.36 bits per heavy atom. The number of oxazole rings is 1. The molecule has 1 heterocycles. The fourth-order valence-electron chi connectivity index (χ4n) is 3.48. The minimum Gasteiger partial charge on any atom is -0.487 e. The van der Waals surface area contributed by atoms with E-state index in [2.05, 4.69) is 29.4 Å². The lowest BCUT2D eigenvalue weighted by Crippen LogP contribution is -2.27. The zero-order valence-electron chi connectivity index (χ0n) is 19.2. The van der Waals surface area contributed by atoms with Crippen LogP contribution in [0.4, 0.5) is 0 Å². The van der Waals surface area contributed by atoms with Crippen molar-refractivity contribution in [1.29, 1.82) is 0 Å². The van der Waals surface area contributed by atoms with Gasteiger partial charge in [0, 0.05) is 17.7 Å². The number of nitrogens with one attached hydrogen (secondary N) is 1. The number of aryl methyl sites for hydroxylation is 2. The first-order valence-electron chi connectivity index (χ1n) is 11.1. The van der Waals surface area contributed by atoms with E-state index >= 15 is 0 Å². The Morgan fingerprint density at radius 1 is 0.970 bits per heavy atom. The van der Waals surface area contributed by atoms with Crippen LogP contribution < -0.4 is 10.1 Å². The summed E-state index contributed by atoms with van der Waals surface area (Å²) < 4.78 is 11.7. The Bertz CT molecular complexity index is 1200. The van der Waals surface area contributed by atoms with Gasteiger partial charge < -0.3 is 14.5 Å². The van der Waals surface area contributed by atoms with Crippen molar-refractivity contribution in [2.45, 2.75) is 33.3 Å². The van der Waals surface area contributed by atoms with Crippen LogP contribution in [0.25, 0.3) is 11.5 Å². The number of carbonyl (C=O) groups excluding carboxylic acids is 1. The zero-order valence-corrected chi connectivity index (χ0v) is 19.2. The first-order chi connectivity index (χ1) is 16.0. The Labute approximate surface area is 194 Å². The van der Waals surface area contributed by atoms with Gasteiger partial charge in [-0.15, -0.1) is 0 Å². The van der Waals surface area contributed by atoms with Gasteiger partial charge in [-0.2, -0.15) is 0 Å². The van der Waals surface area contributed by atoms with Gasteiger partial charge in [0.25, 0.3) is 5.91 Å². The highest BCUT2D eigenvalue weighted by molar-refractivity contribution is 5.94. The molecule has 0 spiro atoms. The molecule has 0 aliphatic heterocycles. The summed E-state index contributed by atoms with van der Waals surface area (Å²) in [6, 6.07) is 25.4. The number of hydrogen-bond donors (Lipinski definition) is 1. The molecule has 1 N–H and O–H groups in total. The lowest BCUT2D eigenvalue weighted by atomic mass is 10.0. The normalized spacial score (nSPS) is 11.7. The van der Waals surface area contributed by atoms with Crippen LogP contribution >= 0.6 is 0 Å². The average molecular weight is 441 g/mol. The third-order valence-electron chi connectivity index (χ3n) is 5.62. The quantitative estimate of drug-likeness (QED) is 0.361. The maximum atomic E-state index is 12.6. The fourth-order valence-corrected chi connectivity index (χ4v) is 3.48. The highest BCUT2D eigenvalue weighted by Crippen LogP contribution is 2.23. The number of aromatic nitrogens is 1. The van der Waals surface area contributed by atoms with Crippen LogP contribution in [-0.2, 0) is 6.61 Å². The van der Waals surface area contributed by atoms with Crippen LogP contribution in [0.2, 0.25) is 0 Å². The van der Waals surface area contributed by atoms with E-state index < -0.39 is 0 Å². The summed E-state index contributed by atoms with van der Waals surface area (Å²) in [5, 5.41) is 3.01. The minimum absolute atomic E-state index is 0.0971. The number of amides is 1. The summed E-state index contributed by atoms with van der Waals surface area (Å²) in [5.74, 6) is 2.17. The number of carbonyl (C=O) groups is 1. The minimum atomic E-state index is -0.0971. The molecule has 1 unspecified atom stereocenters. The number of ether oxygens (including phenoxy) is 1. The van der Waals surface area contributed by atoms with Gasteiger partial charge in [0.1, 0.15) is 23.8 Å². The molecule has 3 aromatic carbocycles. The summed E-state index contributed by atoms with van der Waals surface area (Å²) in [4.78, 5) is 17.1. The topological polar surface area (TPSA) is 64.4 Å². The summed E-state index contributed by atoms with van der Waals surface area (Å²) in [6.45, 7) is 6.92. The van der Waals surface area contributed by atoms with E-state index in [1.54, 1.807) is 12.1 Å². The predicted molar refractivity (Wildman–Crippen MR) is 129 cm³/mol. The molecule has 0 fully saturated rings. The lowest BCUT2D eigenvalue weighted by Gasteiger charge is -2.13. The van der Waals surface area contributed by atoms with E-state index in [9.17, 15) is 4.79 Å². The molecule has 0 radical (unpaired) electrons. The molecule has 1 aromatic heterocycles. The monoisotopic (exact) mass is 440 g/mol. The second kappa shape index (κ2) is 10.2. The van der Waals surface area contributed by atoms with Gasteiger partial charge in [0.2, 0.25) is 5.89 Å². The molecule has 0 bridgehead atoms. The van der Waals surface area contributed by atoms with E-state index in [1.807, 2.05) is 68.4 Å². The van der Waals surface area contributed by atoms with Crippen molar-refractivity contribution in [1.82, 2.24) is 10.3 Å².